The van der Waals surface area contributed by atoms with Gasteiger partial charge in [-0.05, 0) is 0 Å². The first kappa shape index (κ1) is 10.6. The molecule has 0 saturated carbocycles. The average Bonchev–Trinajstić information content (AvgIpc) is 1.96. The molecule has 0 saturated heterocycles. The van der Waals surface area contributed by atoms with Crippen LogP contribution in [0.25, 0.3) is 0 Å². The molecule has 0 fully saturated rings. The topological polar surface area (TPSA) is 137 Å². The molecule has 0 aliphatic heterocycles. The Hall–Kier alpha value is -1.38. The molecule has 8 nitrogen and oxygen atoms in total. The second-order valence-electron chi connectivity index (χ2n) is 1.83. The Bertz CT molecular complexity index is 172. The van der Waals surface area contributed by atoms with Crippen molar-refractivity contribution in [2.24, 2.45) is 5.73 Å². The second kappa shape index (κ2) is 5.29. The number of aliphatic hydroxyl groups excluding tert-OH is 1. The predicted molar refractivity (Wildman–Crippen MR) is 37.5 cm³/mol. The Labute approximate surface area is 67.7 Å². The molecule has 0 radical (unpaired) electrons. The minimum Gasteiger partial charge on any atom is -0.480 e. The number of hydrazine groups is 2. The van der Waals surface area contributed by atoms with Crippen LogP contribution in [0.2, 0.25) is 0 Å². The van der Waals surface area contributed by atoms with Crippen LogP contribution in [0.5, 0.6) is 0 Å². The van der Waals surface area contributed by atoms with Gasteiger partial charge in [-0.2, -0.15) is 5.53 Å². The van der Waals surface area contributed by atoms with Crippen LogP contribution in [0.1, 0.15) is 0 Å². The molecule has 2 amide bonds. The maximum absolute atomic E-state index is 10.2. The first-order valence-corrected chi connectivity index (χ1v) is 2.97. The molecule has 0 rings (SSSR count). The Kier molecular flexibility index (Phi) is 4.69. The molecule has 8 heteroatoms. The molecule has 1 atom stereocenters. The molecule has 0 aliphatic rings. The van der Waals surface area contributed by atoms with Crippen molar-refractivity contribution in [2.45, 2.75) is 6.04 Å². The summed E-state index contributed by atoms with van der Waals surface area (Å²) in [6, 6.07) is -2.07. The van der Waals surface area contributed by atoms with Gasteiger partial charge in [0.25, 0.3) is 0 Å². The normalized spacial score (nSPS) is 12.1. The molecule has 0 heterocycles. The third-order valence-electron chi connectivity index (χ3n) is 0.913. The standard InChI is InChI=1S/C4H10N4O4/c5-4(12)7-8-6-2(1-9)3(10)11/h2,6,8-9H,1H2,(H,10,11)(H3,5,7,12)/t2-/m0/s1. The zero-order valence-corrected chi connectivity index (χ0v) is 6.07. The number of carbonyl (C=O) groups excluding carboxylic acids is 1. The number of amides is 2. The molecule has 70 valence electrons. The van der Waals surface area contributed by atoms with E-state index in [0.717, 1.165) is 0 Å². The van der Waals surface area contributed by atoms with Crippen LogP contribution < -0.4 is 22.1 Å². The number of urea groups is 1. The lowest BCUT2D eigenvalue weighted by atomic mass is 10.3. The van der Waals surface area contributed by atoms with Crippen LogP contribution in [0.4, 0.5) is 4.79 Å². The summed E-state index contributed by atoms with van der Waals surface area (Å²) < 4.78 is 0. The van der Waals surface area contributed by atoms with Crippen LogP contribution in [-0.2, 0) is 4.79 Å². The van der Waals surface area contributed by atoms with Crippen molar-refractivity contribution < 1.29 is 19.8 Å². The van der Waals surface area contributed by atoms with E-state index in [9.17, 15) is 9.59 Å². The van der Waals surface area contributed by atoms with E-state index in [1.807, 2.05) is 11.0 Å². The van der Waals surface area contributed by atoms with Gasteiger partial charge in [0.05, 0.1) is 6.61 Å². The van der Waals surface area contributed by atoms with Gasteiger partial charge >= 0.3 is 12.0 Å². The van der Waals surface area contributed by atoms with E-state index in [0.29, 0.717) is 0 Å². The molecule has 0 aromatic heterocycles. The minimum absolute atomic E-state index is 0.608. The summed E-state index contributed by atoms with van der Waals surface area (Å²) in [5.74, 6) is -1.25. The van der Waals surface area contributed by atoms with E-state index in [2.05, 4.69) is 11.2 Å². The highest BCUT2D eigenvalue weighted by atomic mass is 16.4. The maximum Gasteiger partial charge on any atom is 0.327 e. The fourth-order valence-corrected chi connectivity index (χ4v) is 0.370. The number of aliphatic carboxylic acids is 1. The van der Waals surface area contributed by atoms with Crippen molar-refractivity contribution in [2.75, 3.05) is 6.61 Å². The fraction of sp³-hybridized carbons (Fsp3) is 0.500. The van der Waals surface area contributed by atoms with Gasteiger partial charge in [0.2, 0.25) is 0 Å². The van der Waals surface area contributed by atoms with E-state index in [1.165, 1.54) is 0 Å². The molecule has 0 aromatic carbocycles. The number of aliphatic hydroxyl groups is 1. The van der Waals surface area contributed by atoms with Gasteiger partial charge in [-0.1, -0.05) is 0 Å². The van der Waals surface area contributed by atoms with Crippen LogP contribution in [0.3, 0.4) is 0 Å². The number of rotatable bonds is 5. The van der Waals surface area contributed by atoms with Crippen molar-refractivity contribution in [1.82, 2.24) is 16.4 Å². The molecular weight excluding hydrogens is 168 g/mol. The van der Waals surface area contributed by atoms with Crippen molar-refractivity contribution in [3.8, 4) is 0 Å². The van der Waals surface area contributed by atoms with E-state index in [4.69, 9.17) is 10.2 Å². The lowest BCUT2D eigenvalue weighted by molar-refractivity contribution is -0.140. The van der Waals surface area contributed by atoms with Crippen LogP contribution >= 0.6 is 0 Å². The first-order chi connectivity index (χ1) is 5.57. The summed E-state index contributed by atoms with van der Waals surface area (Å²) in [6.07, 6.45) is 0. The number of carbonyl (C=O) groups is 2. The van der Waals surface area contributed by atoms with Crippen molar-refractivity contribution in [3.05, 3.63) is 0 Å². The fourth-order valence-electron chi connectivity index (χ4n) is 0.370. The molecule has 0 aliphatic carbocycles. The van der Waals surface area contributed by atoms with E-state index >= 15 is 0 Å². The van der Waals surface area contributed by atoms with Gasteiger partial charge in [0.15, 0.2) is 0 Å². The predicted octanol–water partition coefficient (Wildman–Crippen LogP) is -2.89. The quantitative estimate of drug-likeness (QED) is 0.250. The van der Waals surface area contributed by atoms with Crippen molar-refractivity contribution in [3.63, 3.8) is 0 Å². The Morgan fingerprint density at radius 2 is 2.08 bits per heavy atom. The molecule has 0 aromatic rings. The number of carboxylic acid groups (broad SMARTS) is 1. The average molecular weight is 178 g/mol. The SMILES string of the molecule is NC(=O)NNN[C@@H](CO)C(=O)O. The molecule has 7 N–H and O–H groups in total. The summed E-state index contributed by atoms with van der Waals surface area (Å²) in [7, 11) is 0. The lowest BCUT2D eigenvalue weighted by Gasteiger charge is -2.11. The number of nitrogens with one attached hydrogen (secondary N) is 3. The highest BCUT2D eigenvalue weighted by molar-refractivity contribution is 5.73. The minimum atomic E-state index is -1.25. The summed E-state index contributed by atoms with van der Waals surface area (Å²) in [4.78, 5) is 20.2. The number of hydrogen-bond donors (Lipinski definition) is 6. The van der Waals surface area contributed by atoms with Gasteiger partial charge in [-0.15, -0.1) is 0 Å². The molecule has 0 unspecified atom stereocenters. The second-order valence-corrected chi connectivity index (χ2v) is 1.83. The summed E-state index contributed by atoms with van der Waals surface area (Å²) in [6.45, 7) is -0.608. The Morgan fingerprint density at radius 1 is 1.50 bits per heavy atom. The van der Waals surface area contributed by atoms with Gasteiger partial charge in [-0.25, -0.2) is 10.2 Å². The summed E-state index contributed by atoms with van der Waals surface area (Å²) in [5, 5.41) is 16.8. The third-order valence-corrected chi connectivity index (χ3v) is 0.913. The van der Waals surface area contributed by atoms with Crippen LogP contribution in [-0.4, -0.2) is 34.9 Å². The Balaban J connectivity index is 3.59. The monoisotopic (exact) mass is 178 g/mol. The van der Waals surface area contributed by atoms with Crippen LogP contribution in [0.15, 0.2) is 0 Å². The highest BCUT2D eigenvalue weighted by Crippen LogP contribution is 1.77. The largest absolute Gasteiger partial charge is 0.480 e. The highest BCUT2D eigenvalue weighted by Gasteiger charge is 2.14. The number of hydrogen-bond acceptors (Lipinski definition) is 5. The van der Waals surface area contributed by atoms with Crippen molar-refractivity contribution in [1.29, 1.82) is 0 Å². The zero-order chi connectivity index (χ0) is 9.56. The van der Waals surface area contributed by atoms with Crippen molar-refractivity contribution >= 4 is 12.0 Å². The Morgan fingerprint density at radius 3 is 2.42 bits per heavy atom. The smallest absolute Gasteiger partial charge is 0.327 e. The van der Waals surface area contributed by atoms with E-state index in [1.54, 1.807) is 0 Å². The summed E-state index contributed by atoms with van der Waals surface area (Å²) in [5.41, 5.74) is 10.6. The van der Waals surface area contributed by atoms with Gasteiger partial charge in [0, 0.05) is 0 Å². The zero-order valence-electron chi connectivity index (χ0n) is 6.07. The van der Waals surface area contributed by atoms with E-state index in [-0.39, 0.29) is 0 Å². The molecular formula is C4H10N4O4. The van der Waals surface area contributed by atoms with Gasteiger partial charge < -0.3 is 15.9 Å². The number of carboxylic acids is 1. The maximum atomic E-state index is 10.2. The van der Waals surface area contributed by atoms with Crippen LogP contribution in [0, 0.1) is 0 Å². The molecule has 12 heavy (non-hydrogen) atoms. The third kappa shape index (κ3) is 4.44. The molecule has 0 spiro atoms. The molecule has 0 bridgehead atoms. The van der Waals surface area contributed by atoms with Gasteiger partial charge in [-0.3, -0.25) is 10.2 Å². The van der Waals surface area contributed by atoms with Gasteiger partial charge in [0.1, 0.15) is 6.04 Å². The summed E-state index contributed by atoms with van der Waals surface area (Å²) >= 11 is 0. The first-order valence-electron chi connectivity index (χ1n) is 2.97. The lowest BCUT2D eigenvalue weighted by Crippen LogP contribution is -2.55. The number of primary amides is 1. The van der Waals surface area contributed by atoms with E-state index < -0.39 is 24.6 Å². The number of nitrogens with two attached hydrogens (primary N) is 1.